The van der Waals surface area contributed by atoms with Gasteiger partial charge >= 0.3 is 6.03 Å². The van der Waals surface area contributed by atoms with Crippen LogP contribution in [0.1, 0.15) is 16.7 Å². The molecule has 0 radical (unpaired) electrons. The molecule has 0 unspecified atom stereocenters. The number of anilines is 1. The number of imide groups is 2. The summed E-state index contributed by atoms with van der Waals surface area (Å²) in [4.78, 5) is 40.4. The zero-order valence-corrected chi connectivity index (χ0v) is 22.8. The number of urea groups is 1. The van der Waals surface area contributed by atoms with Crippen molar-refractivity contribution in [1.82, 2.24) is 5.32 Å². The summed E-state index contributed by atoms with van der Waals surface area (Å²) < 4.78 is 25.3. The van der Waals surface area contributed by atoms with Crippen molar-refractivity contribution in [2.24, 2.45) is 0 Å². The van der Waals surface area contributed by atoms with E-state index in [1.807, 2.05) is 60.7 Å². The van der Waals surface area contributed by atoms with Crippen LogP contribution in [-0.2, 0) is 22.8 Å². The van der Waals surface area contributed by atoms with Gasteiger partial charge in [0.05, 0.1) is 5.69 Å². The first-order valence-corrected chi connectivity index (χ1v) is 13.5. The van der Waals surface area contributed by atoms with Crippen LogP contribution in [0, 0.1) is 5.82 Å². The molecule has 0 spiro atoms. The van der Waals surface area contributed by atoms with Crippen LogP contribution in [0.3, 0.4) is 0 Å². The quantitative estimate of drug-likeness (QED) is 0.163. The lowest BCUT2D eigenvalue weighted by Crippen LogP contribution is -2.54. The van der Waals surface area contributed by atoms with Crippen molar-refractivity contribution in [2.45, 2.75) is 13.2 Å². The van der Waals surface area contributed by atoms with E-state index in [4.69, 9.17) is 9.47 Å². The van der Waals surface area contributed by atoms with Crippen molar-refractivity contribution in [3.8, 4) is 11.5 Å². The molecule has 1 heterocycles. The van der Waals surface area contributed by atoms with E-state index in [2.05, 4.69) is 5.32 Å². The van der Waals surface area contributed by atoms with Crippen molar-refractivity contribution in [3.05, 3.63) is 143 Å². The largest absolute Gasteiger partial charge is 0.489 e. The van der Waals surface area contributed by atoms with Gasteiger partial charge in [-0.3, -0.25) is 14.9 Å². The molecule has 0 aliphatic carbocycles. The highest BCUT2D eigenvalue weighted by Crippen LogP contribution is 2.32. The highest BCUT2D eigenvalue weighted by molar-refractivity contribution is 6.39. The molecule has 0 atom stereocenters. The van der Waals surface area contributed by atoms with Crippen LogP contribution in [0.5, 0.6) is 11.5 Å². The van der Waals surface area contributed by atoms with Gasteiger partial charge < -0.3 is 9.47 Å². The molecule has 43 heavy (non-hydrogen) atoms. The summed E-state index contributed by atoms with van der Waals surface area (Å²) in [5.41, 5.74) is 2.29. The SMILES string of the molecule is O=C1NC(=O)N(c2ccc(OCc3ccccc3)cc2)C(=O)/C1=C/c1c(OCc2ccc(F)cc2)ccc2ccccc12. The van der Waals surface area contributed by atoms with Crippen molar-refractivity contribution < 1.29 is 28.2 Å². The Labute approximate surface area is 246 Å². The maximum Gasteiger partial charge on any atom is 0.335 e. The van der Waals surface area contributed by atoms with Crippen LogP contribution in [0.15, 0.2) is 121 Å². The van der Waals surface area contributed by atoms with Crippen LogP contribution >= 0.6 is 0 Å². The summed E-state index contributed by atoms with van der Waals surface area (Å²) in [6.07, 6.45) is 1.44. The van der Waals surface area contributed by atoms with E-state index in [9.17, 15) is 18.8 Å². The van der Waals surface area contributed by atoms with Crippen molar-refractivity contribution in [2.75, 3.05) is 4.90 Å². The molecular weight excluding hydrogens is 547 g/mol. The average molecular weight is 573 g/mol. The van der Waals surface area contributed by atoms with Gasteiger partial charge in [0.25, 0.3) is 11.8 Å². The second-order valence-corrected chi connectivity index (χ2v) is 9.84. The minimum atomic E-state index is -0.851. The van der Waals surface area contributed by atoms with Crippen LogP contribution in [-0.4, -0.2) is 17.8 Å². The Morgan fingerprint density at radius 3 is 2.14 bits per heavy atom. The Balaban J connectivity index is 1.30. The highest BCUT2D eigenvalue weighted by atomic mass is 19.1. The second-order valence-electron chi connectivity index (χ2n) is 9.84. The van der Waals surface area contributed by atoms with Gasteiger partial charge in [-0.2, -0.15) is 0 Å². The zero-order valence-electron chi connectivity index (χ0n) is 22.8. The number of halogens is 1. The summed E-state index contributed by atoms with van der Waals surface area (Å²) in [6.45, 7) is 0.500. The Kier molecular flexibility index (Phi) is 7.65. The summed E-state index contributed by atoms with van der Waals surface area (Å²) in [5.74, 6) is -0.965. The predicted molar refractivity (Wildman–Crippen MR) is 161 cm³/mol. The number of rotatable bonds is 8. The number of carbonyl (C=O) groups is 3. The minimum absolute atomic E-state index is 0.137. The van der Waals surface area contributed by atoms with Gasteiger partial charge in [0, 0.05) is 5.56 Å². The number of amides is 4. The number of ether oxygens (including phenoxy) is 2. The van der Waals surface area contributed by atoms with Crippen LogP contribution < -0.4 is 19.7 Å². The Bertz CT molecular complexity index is 1850. The molecule has 1 fully saturated rings. The molecule has 1 aliphatic heterocycles. The van der Waals surface area contributed by atoms with E-state index in [0.29, 0.717) is 23.7 Å². The van der Waals surface area contributed by atoms with Gasteiger partial charge in [-0.15, -0.1) is 0 Å². The number of carbonyl (C=O) groups excluding carboxylic acids is 3. The van der Waals surface area contributed by atoms with Gasteiger partial charge in [0.15, 0.2) is 0 Å². The molecule has 6 rings (SSSR count). The number of benzene rings is 5. The van der Waals surface area contributed by atoms with Crippen molar-refractivity contribution >= 4 is 40.4 Å². The monoisotopic (exact) mass is 572 g/mol. The number of barbiturate groups is 1. The molecule has 1 saturated heterocycles. The molecule has 0 aromatic heterocycles. The Hall–Kier alpha value is -5.76. The molecule has 8 heteroatoms. The van der Waals surface area contributed by atoms with Gasteiger partial charge in [-0.05, 0) is 70.4 Å². The van der Waals surface area contributed by atoms with E-state index in [1.54, 1.807) is 42.5 Å². The molecule has 5 aromatic rings. The summed E-state index contributed by atoms with van der Waals surface area (Å²) in [7, 11) is 0. The van der Waals surface area contributed by atoms with E-state index in [-0.39, 0.29) is 23.7 Å². The maximum atomic E-state index is 13.7. The highest BCUT2D eigenvalue weighted by Gasteiger charge is 2.37. The van der Waals surface area contributed by atoms with Gasteiger partial charge in [0.2, 0.25) is 0 Å². The molecule has 4 amide bonds. The lowest BCUT2D eigenvalue weighted by atomic mass is 9.99. The fourth-order valence-electron chi connectivity index (χ4n) is 4.76. The number of nitrogens with zero attached hydrogens (tertiary/aromatic N) is 1. The normalized spacial score (nSPS) is 14.2. The Morgan fingerprint density at radius 2 is 1.37 bits per heavy atom. The third kappa shape index (κ3) is 5.99. The number of fused-ring (bicyclic) bond motifs is 1. The molecular formula is C35H25FN2O5. The lowest BCUT2D eigenvalue weighted by molar-refractivity contribution is -0.122. The molecule has 212 valence electrons. The van der Waals surface area contributed by atoms with Crippen molar-refractivity contribution in [3.63, 3.8) is 0 Å². The summed E-state index contributed by atoms with van der Waals surface area (Å²) in [6, 6.07) is 32.3. The van der Waals surface area contributed by atoms with Crippen molar-refractivity contribution in [1.29, 1.82) is 0 Å². The first-order valence-electron chi connectivity index (χ1n) is 13.5. The average Bonchev–Trinajstić information content (AvgIpc) is 3.03. The third-order valence-electron chi connectivity index (χ3n) is 6.97. The number of nitrogens with one attached hydrogen (secondary N) is 1. The number of hydrogen-bond donors (Lipinski definition) is 1. The van der Waals surface area contributed by atoms with E-state index in [0.717, 1.165) is 26.8 Å². The number of hydrogen-bond acceptors (Lipinski definition) is 5. The first kappa shape index (κ1) is 27.4. The lowest BCUT2D eigenvalue weighted by Gasteiger charge is -2.26. The van der Waals surface area contributed by atoms with E-state index >= 15 is 0 Å². The molecule has 1 N–H and O–H groups in total. The van der Waals surface area contributed by atoms with Crippen LogP contribution in [0.4, 0.5) is 14.9 Å². The first-order chi connectivity index (χ1) is 21.0. The van der Waals surface area contributed by atoms with Gasteiger partial charge in [-0.25, -0.2) is 14.1 Å². The van der Waals surface area contributed by atoms with Crippen LogP contribution in [0.25, 0.3) is 16.8 Å². The van der Waals surface area contributed by atoms with E-state index in [1.165, 1.54) is 18.2 Å². The van der Waals surface area contributed by atoms with Gasteiger partial charge in [0.1, 0.15) is 36.1 Å². The van der Waals surface area contributed by atoms with E-state index < -0.39 is 17.8 Å². The second kappa shape index (κ2) is 12.0. The smallest absolute Gasteiger partial charge is 0.335 e. The van der Waals surface area contributed by atoms with Crippen LogP contribution in [0.2, 0.25) is 0 Å². The summed E-state index contributed by atoms with van der Waals surface area (Å²) in [5, 5.41) is 3.88. The predicted octanol–water partition coefficient (Wildman–Crippen LogP) is 6.80. The third-order valence-corrected chi connectivity index (χ3v) is 6.97. The minimum Gasteiger partial charge on any atom is -0.489 e. The zero-order chi connectivity index (χ0) is 29.8. The fraction of sp³-hybridized carbons (Fsp3) is 0.0571. The fourth-order valence-corrected chi connectivity index (χ4v) is 4.76. The molecule has 7 nitrogen and oxygen atoms in total. The standard InChI is InChI=1S/C35H25FN2O5/c36-26-13-10-24(11-14-26)22-43-32-19-12-25-8-4-5-9-29(25)30(32)20-31-33(39)37-35(41)38(34(31)40)27-15-17-28(18-16-27)42-21-23-6-2-1-3-7-23/h1-20H,21-22H2,(H,37,39,41)/b31-20+. The molecule has 0 saturated carbocycles. The molecule has 0 bridgehead atoms. The van der Waals surface area contributed by atoms with Gasteiger partial charge in [-0.1, -0.05) is 72.8 Å². The molecule has 5 aromatic carbocycles. The Morgan fingerprint density at radius 1 is 0.698 bits per heavy atom. The maximum absolute atomic E-state index is 13.7. The summed E-state index contributed by atoms with van der Waals surface area (Å²) >= 11 is 0. The topological polar surface area (TPSA) is 84.9 Å². The molecule has 1 aliphatic rings.